The van der Waals surface area contributed by atoms with Crippen LogP contribution in [0.2, 0.25) is 0 Å². The maximum absolute atomic E-state index is 13.6. The SMILES string of the molecule is COc1cccc(-c2nc(S(=O)(=O)c3ccc4c(c3)OCCO4)c(NCCCn3ccnc3)o2)c1. The molecule has 3 heterocycles. The van der Waals surface area contributed by atoms with Crippen LogP contribution in [0.3, 0.4) is 0 Å². The minimum absolute atomic E-state index is 0.0358. The molecule has 2 aromatic carbocycles. The van der Waals surface area contributed by atoms with E-state index in [0.29, 0.717) is 49.1 Å². The number of rotatable bonds is 9. The summed E-state index contributed by atoms with van der Waals surface area (Å²) in [6, 6.07) is 11.6. The highest BCUT2D eigenvalue weighted by Crippen LogP contribution is 2.37. The summed E-state index contributed by atoms with van der Waals surface area (Å²) >= 11 is 0. The molecule has 0 unspecified atom stereocenters. The number of oxazole rings is 1. The van der Waals surface area contributed by atoms with Crippen molar-refractivity contribution in [1.29, 1.82) is 0 Å². The van der Waals surface area contributed by atoms with Crippen molar-refractivity contribution in [2.24, 2.45) is 0 Å². The number of hydrogen-bond donors (Lipinski definition) is 1. The van der Waals surface area contributed by atoms with Crippen LogP contribution in [0.4, 0.5) is 5.88 Å². The Morgan fingerprint density at radius 1 is 1.11 bits per heavy atom. The van der Waals surface area contributed by atoms with Gasteiger partial charge in [-0.25, -0.2) is 13.4 Å². The molecule has 1 N–H and O–H groups in total. The number of nitrogens with one attached hydrogen (secondary N) is 1. The highest BCUT2D eigenvalue weighted by molar-refractivity contribution is 7.91. The largest absolute Gasteiger partial charge is 0.497 e. The second-order valence-corrected chi connectivity index (χ2v) is 9.64. The van der Waals surface area contributed by atoms with Gasteiger partial charge in [-0.15, -0.1) is 0 Å². The molecular formula is C24H24N4O6S. The summed E-state index contributed by atoms with van der Waals surface area (Å²) in [7, 11) is -2.48. The Labute approximate surface area is 202 Å². The van der Waals surface area contributed by atoms with Gasteiger partial charge >= 0.3 is 0 Å². The predicted molar refractivity (Wildman–Crippen MR) is 127 cm³/mol. The fraction of sp³-hybridized carbons (Fsp3) is 0.250. The first-order valence-corrected chi connectivity index (χ1v) is 12.5. The Balaban J connectivity index is 1.47. The fourth-order valence-corrected chi connectivity index (χ4v) is 4.96. The van der Waals surface area contributed by atoms with Crippen molar-refractivity contribution < 1.29 is 27.0 Å². The van der Waals surface area contributed by atoms with Gasteiger partial charge in [0.1, 0.15) is 19.0 Å². The van der Waals surface area contributed by atoms with E-state index >= 15 is 0 Å². The predicted octanol–water partition coefficient (Wildman–Crippen LogP) is 3.65. The van der Waals surface area contributed by atoms with Crippen LogP contribution in [0.15, 0.2) is 75.5 Å². The molecule has 182 valence electrons. The van der Waals surface area contributed by atoms with Crippen molar-refractivity contribution in [1.82, 2.24) is 14.5 Å². The van der Waals surface area contributed by atoms with Gasteiger partial charge in [0.05, 0.1) is 18.3 Å². The Morgan fingerprint density at radius 2 is 1.97 bits per heavy atom. The molecular weight excluding hydrogens is 472 g/mol. The molecule has 1 aliphatic heterocycles. The number of sulfone groups is 1. The normalized spacial score (nSPS) is 12.9. The fourth-order valence-electron chi connectivity index (χ4n) is 3.66. The van der Waals surface area contributed by atoms with Gasteiger partial charge in [0.15, 0.2) is 11.5 Å². The summed E-state index contributed by atoms with van der Waals surface area (Å²) in [6.45, 7) is 1.95. The lowest BCUT2D eigenvalue weighted by Crippen LogP contribution is -2.16. The minimum Gasteiger partial charge on any atom is -0.497 e. The van der Waals surface area contributed by atoms with Gasteiger partial charge in [-0.3, -0.25) is 0 Å². The summed E-state index contributed by atoms with van der Waals surface area (Å²) in [5.41, 5.74) is 0.592. The molecule has 4 aromatic rings. The van der Waals surface area contributed by atoms with Gasteiger partial charge in [-0.1, -0.05) is 6.07 Å². The zero-order valence-corrected chi connectivity index (χ0v) is 19.8. The van der Waals surface area contributed by atoms with Crippen molar-refractivity contribution in [3.05, 3.63) is 61.2 Å². The Bertz CT molecular complexity index is 1420. The summed E-state index contributed by atoms with van der Waals surface area (Å²) in [5.74, 6) is 1.72. The summed E-state index contributed by atoms with van der Waals surface area (Å²) in [6.07, 6.45) is 6.03. The Hall–Kier alpha value is -3.99. The highest BCUT2D eigenvalue weighted by Gasteiger charge is 2.30. The van der Waals surface area contributed by atoms with Crippen LogP contribution >= 0.6 is 0 Å². The topological polar surface area (TPSA) is 118 Å². The Kier molecular flexibility index (Phi) is 6.32. The standard InChI is InChI=1S/C24H24N4O6S/c1-31-18-5-2-4-17(14-18)22-27-24(23(34-22)26-8-3-10-28-11-9-25-16-28)35(29,30)19-6-7-20-21(15-19)33-13-12-32-20/h2,4-7,9,11,14-16,26H,3,8,10,12-13H2,1H3. The van der Waals surface area contributed by atoms with E-state index in [0.717, 1.165) is 6.42 Å². The maximum Gasteiger partial charge on any atom is 0.233 e. The first-order valence-electron chi connectivity index (χ1n) is 11.0. The summed E-state index contributed by atoms with van der Waals surface area (Å²) in [5, 5.41) is 2.90. The average Bonchev–Trinajstić information content (AvgIpc) is 3.57. The van der Waals surface area contributed by atoms with Gasteiger partial charge in [0, 0.05) is 37.1 Å². The molecule has 0 radical (unpaired) electrons. The monoisotopic (exact) mass is 496 g/mol. The molecule has 0 saturated carbocycles. The molecule has 0 atom stereocenters. The van der Waals surface area contributed by atoms with E-state index in [4.69, 9.17) is 18.6 Å². The van der Waals surface area contributed by atoms with Crippen molar-refractivity contribution >= 4 is 15.7 Å². The summed E-state index contributed by atoms with van der Waals surface area (Å²) in [4.78, 5) is 8.45. The first kappa shape index (κ1) is 22.8. The number of aromatic nitrogens is 3. The molecule has 2 aromatic heterocycles. The second-order valence-electron chi connectivity index (χ2n) is 7.77. The molecule has 1 aliphatic rings. The molecule has 35 heavy (non-hydrogen) atoms. The number of ether oxygens (including phenoxy) is 3. The van der Waals surface area contributed by atoms with Crippen LogP contribution in [0.1, 0.15) is 6.42 Å². The highest BCUT2D eigenvalue weighted by atomic mass is 32.2. The lowest BCUT2D eigenvalue weighted by Gasteiger charge is -2.18. The molecule has 0 amide bonds. The van der Waals surface area contributed by atoms with E-state index in [1.165, 1.54) is 12.1 Å². The third kappa shape index (κ3) is 4.80. The van der Waals surface area contributed by atoms with E-state index in [9.17, 15) is 8.42 Å². The zero-order chi connectivity index (χ0) is 24.3. The van der Waals surface area contributed by atoms with Crippen molar-refractivity contribution in [2.75, 3.05) is 32.2 Å². The van der Waals surface area contributed by atoms with E-state index in [2.05, 4.69) is 15.3 Å². The molecule has 0 bridgehead atoms. The van der Waals surface area contributed by atoms with Crippen LogP contribution < -0.4 is 19.5 Å². The number of anilines is 1. The minimum atomic E-state index is -4.04. The van der Waals surface area contributed by atoms with Gasteiger partial charge in [-0.2, -0.15) is 4.98 Å². The smallest absolute Gasteiger partial charge is 0.233 e. The zero-order valence-electron chi connectivity index (χ0n) is 19.0. The third-order valence-corrected chi connectivity index (χ3v) is 7.09. The van der Waals surface area contributed by atoms with E-state index in [-0.39, 0.29) is 21.7 Å². The number of nitrogens with zero attached hydrogens (tertiary/aromatic N) is 3. The molecule has 0 fully saturated rings. The van der Waals surface area contributed by atoms with Crippen LogP contribution in [0, 0.1) is 0 Å². The molecule has 10 nitrogen and oxygen atoms in total. The molecule has 0 aliphatic carbocycles. The number of aryl methyl sites for hydroxylation is 1. The first-order chi connectivity index (χ1) is 17.0. The van der Waals surface area contributed by atoms with Gasteiger partial charge in [0.2, 0.25) is 26.6 Å². The van der Waals surface area contributed by atoms with Crippen LogP contribution in [0.5, 0.6) is 17.2 Å². The van der Waals surface area contributed by atoms with Crippen molar-refractivity contribution in [2.45, 2.75) is 22.9 Å². The van der Waals surface area contributed by atoms with Gasteiger partial charge in [0.25, 0.3) is 0 Å². The van der Waals surface area contributed by atoms with Crippen LogP contribution in [-0.4, -0.2) is 49.8 Å². The summed E-state index contributed by atoms with van der Waals surface area (Å²) < 4.78 is 51.5. The maximum atomic E-state index is 13.6. The van der Waals surface area contributed by atoms with Crippen molar-refractivity contribution in [3.63, 3.8) is 0 Å². The quantitative estimate of drug-likeness (QED) is 0.346. The Morgan fingerprint density at radius 3 is 2.77 bits per heavy atom. The molecule has 0 spiro atoms. The van der Waals surface area contributed by atoms with E-state index in [1.54, 1.807) is 50.0 Å². The number of hydrogen-bond acceptors (Lipinski definition) is 9. The molecule has 11 heteroatoms. The lowest BCUT2D eigenvalue weighted by atomic mass is 10.2. The molecule has 5 rings (SSSR count). The molecule has 0 saturated heterocycles. The number of methoxy groups -OCH3 is 1. The third-order valence-electron chi connectivity index (χ3n) is 5.43. The van der Waals surface area contributed by atoms with Crippen LogP contribution in [-0.2, 0) is 16.4 Å². The average molecular weight is 497 g/mol. The number of benzene rings is 2. The van der Waals surface area contributed by atoms with E-state index in [1.807, 2.05) is 10.8 Å². The van der Waals surface area contributed by atoms with Gasteiger partial charge in [-0.05, 0) is 36.8 Å². The number of imidazole rings is 1. The van der Waals surface area contributed by atoms with Crippen molar-refractivity contribution in [3.8, 4) is 28.7 Å². The number of fused-ring (bicyclic) bond motifs is 1. The van der Waals surface area contributed by atoms with Crippen LogP contribution in [0.25, 0.3) is 11.5 Å². The van der Waals surface area contributed by atoms with Gasteiger partial charge < -0.3 is 28.5 Å². The second kappa shape index (κ2) is 9.71. The van der Waals surface area contributed by atoms with E-state index < -0.39 is 9.84 Å². The lowest BCUT2D eigenvalue weighted by molar-refractivity contribution is 0.171.